The summed E-state index contributed by atoms with van der Waals surface area (Å²) in [4.78, 5) is 39.7. The number of tetrazole rings is 1. The van der Waals surface area contributed by atoms with E-state index >= 15 is 0 Å². The van der Waals surface area contributed by atoms with Gasteiger partial charge in [0.1, 0.15) is 6.04 Å². The first-order valence-corrected chi connectivity index (χ1v) is 15.3. The Morgan fingerprint density at radius 1 is 1.05 bits per heavy atom. The van der Waals surface area contributed by atoms with E-state index in [9.17, 15) is 19.6 Å². The van der Waals surface area contributed by atoms with Crippen LogP contribution >= 0.6 is 0 Å². The van der Waals surface area contributed by atoms with Crippen molar-refractivity contribution in [2.75, 3.05) is 6.54 Å². The second-order valence-corrected chi connectivity index (χ2v) is 12.8. The molecule has 0 spiro atoms. The SMILES string of the molecule is N#C[C@@H]1C[C@@H]2C[C@@H]2N1C(=O)CN[C@@H](CC1(c2nnn[nH]2)c2ccc(C(N)=O)cc2CCc2cc(C(N)=O)ccc21)C1CCC1. The Balaban J connectivity index is 1.33. The number of aromatic nitrogens is 4. The summed E-state index contributed by atoms with van der Waals surface area (Å²) < 4.78 is 0. The van der Waals surface area contributed by atoms with Crippen molar-refractivity contribution in [2.24, 2.45) is 23.3 Å². The van der Waals surface area contributed by atoms with Gasteiger partial charge in [-0.3, -0.25) is 14.4 Å². The molecular formula is C32H35N9O3. The molecule has 3 aliphatic carbocycles. The fourth-order valence-corrected chi connectivity index (χ4v) is 7.88. The molecule has 2 heterocycles. The number of nitrogens with zero attached hydrogens (tertiary/aromatic N) is 5. The minimum absolute atomic E-state index is 0.0416. The number of primary amides is 2. The number of benzene rings is 2. The van der Waals surface area contributed by atoms with Gasteiger partial charge in [0, 0.05) is 23.2 Å². The van der Waals surface area contributed by atoms with Crippen LogP contribution in [0.2, 0.25) is 0 Å². The minimum atomic E-state index is -0.905. The predicted octanol–water partition coefficient (Wildman–Crippen LogP) is 1.49. The number of carbonyl (C=O) groups excluding carboxylic acids is 3. The number of piperidine rings is 1. The molecule has 4 atom stereocenters. The number of hydrogen-bond acceptors (Lipinski definition) is 8. The van der Waals surface area contributed by atoms with Gasteiger partial charge in [0.25, 0.3) is 0 Å². The average Bonchev–Trinajstić information content (AvgIpc) is 3.38. The van der Waals surface area contributed by atoms with E-state index in [0.717, 1.165) is 54.4 Å². The number of aromatic amines is 1. The van der Waals surface area contributed by atoms with Gasteiger partial charge in [0.05, 0.1) is 18.0 Å². The highest BCUT2D eigenvalue weighted by Gasteiger charge is 2.54. The van der Waals surface area contributed by atoms with Crippen LogP contribution < -0.4 is 16.8 Å². The quantitative estimate of drug-likeness (QED) is 0.286. The first-order valence-electron chi connectivity index (χ1n) is 15.3. The number of fused-ring (bicyclic) bond motifs is 3. The Labute approximate surface area is 254 Å². The molecule has 7 rings (SSSR count). The van der Waals surface area contributed by atoms with Gasteiger partial charge in [0.15, 0.2) is 5.82 Å². The monoisotopic (exact) mass is 593 g/mol. The third-order valence-electron chi connectivity index (χ3n) is 10.4. The number of amides is 3. The van der Waals surface area contributed by atoms with Gasteiger partial charge in [-0.15, -0.1) is 5.10 Å². The normalized spacial score (nSPS) is 23.7. The van der Waals surface area contributed by atoms with Crippen LogP contribution in [0.15, 0.2) is 36.4 Å². The molecule has 0 unspecified atom stereocenters. The Kier molecular flexibility index (Phi) is 6.93. The van der Waals surface area contributed by atoms with Gasteiger partial charge in [-0.25, -0.2) is 5.10 Å². The molecule has 12 nitrogen and oxygen atoms in total. The lowest BCUT2D eigenvalue weighted by Gasteiger charge is -2.42. The second-order valence-electron chi connectivity index (χ2n) is 12.8. The lowest BCUT2D eigenvalue weighted by molar-refractivity contribution is -0.131. The summed E-state index contributed by atoms with van der Waals surface area (Å²) in [5.41, 5.74) is 15.0. The maximum absolute atomic E-state index is 13.5. The van der Waals surface area contributed by atoms with Crippen LogP contribution in [0.25, 0.3) is 0 Å². The molecule has 2 saturated carbocycles. The molecule has 44 heavy (non-hydrogen) atoms. The van der Waals surface area contributed by atoms with Crippen molar-refractivity contribution in [3.63, 3.8) is 0 Å². The molecule has 3 aromatic rings. The van der Waals surface area contributed by atoms with E-state index in [4.69, 9.17) is 11.5 Å². The van der Waals surface area contributed by atoms with Crippen LogP contribution in [0.4, 0.5) is 0 Å². The lowest BCUT2D eigenvalue weighted by Crippen LogP contribution is -2.50. The van der Waals surface area contributed by atoms with E-state index in [1.165, 1.54) is 0 Å². The number of hydrogen-bond donors (Lipinski definition) is 4. The van der Waals surface area contributed by atoms with Crippen LogP contribution in [0.3, 0.4) is 0 Å². The average molecular weight is 594 g/mol. The van der Waals surface area contributed by atoms with Gasteiger partial charge in [0.2, 0.25) is 17.7 Å². The Morgan fingerprint density at radius 3 is 2.23 bits per heavy atom. The zero-order chi connectivity index (χ0) is 30.6. The fourth-order valence-electron chi connectivity index (χ4n) is 7.88. The first kappa shape index (κ1) is 28.2. The third kappa shape index (κ3) is 4.63. The predicted molar refractivity (Wildman–Crippen MR) is 158 cm³/mol. The molecule has 6 N–H and O–H groups in total. The molecule has 4 aliphatic rings. The number of H-pyrrole nitrogens is 1. The van der Waals surface area contributed by atoms with Crippen LogP contribution in [0.1, 0.15) is 87.3 Å². The van der Waals surface area contributed by atoms with Crippen molar-refractivity contribution >= 4 is 17.7 Å². The summed E-state index contributed by atoms with van der Waals surface area (Å²) >= 11 is 0. The van der Waals surface area contributed by atoms with Crippen LogP contribution in [-0.4, -0.2) is 67.9 Å². The Hall–Kier alpha value is -4.63. The summed E-state index contributed by atoms with van der Waals surface area (Å²) in [5.74, 6) is 0.228. The number of aryl methyl sites for hydroxylation is 2. The van der Waals surface area contributed by atoms with Gasteiger partial charge in [-0.1, -0.05) is 18.6 Å². The van der Waals surface area contributed by atoms with E-state index < -0.39 is 17.2 Å². The van der Waals surface area contributed by atoms with Gasteiger partial charge in [-0.05, 0) is 114 Å². The molecule has 226 valence electrons. The van der Waals surface area contributed by atoms with Gasteiger partial charge in [-0.2, -0.15) is 5.26 Å². The highest BCUT2D eigenvalue weighted by atomic mass is 16.2. The number of carbonyl (C=O) groups is 3. The Bertz CT molecular complexity index is 1610. The highest BCUT2D eigenvalue weighted by molar-refractivity contribution is 5.94. The number of rotatable bonds is 9. The van der Waals surface area contributed by atoms with Crippen LogP contribution in [-0.2, 0) is 23.1 Å². The number of likely N-dealkylation sites (tertiary alicyclic amines) is 1. The van der Waals surface area contributed by atoms with E-state index in [-0.39, 0.29) is 30.6 Å². The van der Waals surface area contributed by atoms with Gasteiger partial charge >= 0.3 is 0 Å². The largest absolute Gasteiger partial charge is 0.366 e. The standard InChI is InChI=1S/C32H35N9O3/c33-15-23-12-22-13-27(22)41(23)28(42)16-36-26(17-2-1-3-17)14-32(31-37-39-40-38-31)24-8-6-20(29(34)43)10-18(24)4-5-19-11-21(30(35)44)7-9-25(19)32/h6-11,17,22-23,26-27,36H,1-5,12-14,16H2,(H2,34,43)(H2,35,44)(H,37,38,39,40)/t22-,23+,26+,27+/m1/s1. The molecule has 3 amide bonds. The Morgan fingerprint density at radius 2 is 1.70 bits per heavy atom. The van der Waals surface area contributed by atoms with E-state index in [1.54, 1.807) is 17.0 Å². The summed E-state index contributed by atoms with van der Waals surface area (Å²) in [7, 11) is 0. The number of nitrogens with one attached hydrogen (secondary N) is 2. The van der Waals surface area contributed by atoms with Crippen molar-refractivity contribution in [2.45, 2.75) is 74.9 Å². The summed E-state index contributed by atoms with van der Waals surface area (Å²) in [6.07, 6.45) is 6.60. The molecule has 2 aromatic carbocycles. The topological polar surface area (TPSA) is 197 Å². The lowest BCUT2D eigenvalue weighted by atomic mass is 9.64. The molecule has 1 aliphatic heterocycles. The van der Waals surface area contributed by atoms with Crippen molar-refractivity contribution in [1.29, 1.82) is 5.26 Å². The van der Waals surface area contributed by atoms with Crippen molar-refractivity contribution in [3.8, 4) is 6.07 Å². The number of nitrogens with two attached hydrogens (primary N) is 2. The summed E-state index contributed by atoms with van der Waals surface area (Å²) in [6.45, 7) is 0.133. The third-order valence-corrected chi connectivity index (χ3v) is 10.4. The number of nitriles is 1. The van der Waals surface area contributed by atoms with E-state index in [0.29, 0.717) is 48.0 Å². The second kappa shape index (κ2) is 10.8. The molecule has 1 saturated heterocycles. The van der Waals surface area contributed by atoms with E-state index in [2.05, 4.69) is 32.0 Å². The highest BCUT2D eigenvalue weighted by Crippen LogP contribution is 2.50. The van der Waals surface area contributed by atoms with Gasteiger partial charge < -0.3 is 21.7 Å². The smallest absolute Gasteiger partial charge is 0.248 e. The van der Waals surface area contributed by atoms with Crippen molar-refractivity contribution in [3.05, 3.63) is 75.6 Å². The zero-order valence-corrected chi connectivity index (χ0v) is 24.3. The van der Waals surface area contributed by atoms with Crippen molar-refractivity contribution in [1.82, 2.24) is 30.8 Å². The molecular weight excluding hydrogens is 558 g/mol. The first-order chi connectivity index (χ1) is 21.3. The van der Waals surface area contributed by atoms with Crippen molar-refractivity contribution < 1.29 is 14.4 Å². The minimum Gasteiger partial charge on any atom is -0.366 e. The summed E-state index contributed by atoms with van der Waals surface area (Å²) in [5, 5.41) is 28.8. The maximum atomic E-state index is 13.5. The van der Waals surface area contributed by atoms with Crippen LogP contribution in [0.5, 0.6) is 0 Å². The fraction of sp³-hybridized carbons (Fsp3) is 0.469. The maximum Gasteiger partial charge on any atom is 0.248 e. The van der Waals surface area contributed by atoms with E-state index in [1.807, 2.05) is 24.3 Å². The molecule has 1 aromatic heterocycles. The zero-order valence-electron chi connectivity index (χ0n) is 24.3. The molecule has 12 heteroatoms. The molecule has 3 fully saturated rings. The summed E-state index contributed by atoms with van der Waals surface area (Å²) in [6, 6.07) is 13.1. The molecule has 0 radical (unpaired) electrons. The molecule has 0 bridgehead atoms. The van der Waals surface area contributed by atoms with Crippen LogP contribution in [0, 0.1) is 23.2 Å².